The monoisotopic (exact) mass is 284 g/mol. The predicted octanol–water partition coefficient (Wildman–Crippen LogP) is 1.54. The summed E-state index contributed by atoms with van der Waals surface area (Å²) < 4.78 is 4.68. The largest absolute Gasteiger partial charge is 0.481 e. The Labute approximate surface area is 115 Å². The average Bonchev–Trinajstić information content (AvgIpc) is 2.80. The lowest BCUT2D eigenvalue weighted by Gasteiger charge is -2.29. The molecule has 0 aromatic carbocycles. The molecular formula is C12H16N2O4S. The minimum atomic E-state index is -0.731. The Balaban J connectivity index is 2.08. The van der Waals surface area contributed by atoms with E-state index in [0.717, 1.165) is 10.0 Å². The Kier molecular flexibility index (Phi) is 4.04. The number of carboxylic acid groups (broad SMARTS) is 1. The summed E-state index contributed by atoms with van der Waals surface area (Å²) >= 11 is 1.44. The van der Waals surface area contributed by atoms with E-state index < -0.39 is 11.9 Å². The molecule has 19 heavy (non-hydrogen) atoms. The van der Waals surface area contributed by atoms with Gasteiger partial charge in [0.2, 0.25) is 0 Å². The number of anilines is 1. The number of rotatable bonds is 3. The zero-order valence-electron chi connectivity index (χ0n) is 10.9. The molecule has 0 unspecified atom stereocenters. The predicted molar refractivity (Wildman–Crippen MR) is 70.8 cm³/mol. The van der Waals surface area contributed by atoms with Crippen LogP contribution in [-0.2, 0) is 9.53 Å². The van der Waals surface area contributed by atoms with Crippen LogP contribution < -0.4 is 4.90 Å². The fourth-order valence-corrected chi connectivity index (χ4v) is 3.07. The minimum Gasteiger partial charge on any atom is -0.481 e. The highest BCUT2D eigenvalue weighted by atomic mass is 32.1. The normalized spacial score (nSPS) is 16.4. The van der Waals surface area contributed by atoms with E-state index in [9.17, 15) is 9.59 Å². The first-order chi connectivity index (χ1) is 9.02. The number of carbonyl (C=O) groups excluding carboxylic acids is 1. The molecule has 1 fully saturated rings. The number of hydrogen-bond acceptors (Lipinski definition) is 6. The van der Waals surface area contributed by atoms with Crippen molar-refractivity contribution < 1.29 is 19.4 Å². The summed E-state index contributed by atoms with van der Waals surface area (Å²) in [4.78, 5) is 29.5. The standard InChI is InChI=1S/C12H16N2O4S/c1-7-9(11(17)18-2)13-12(19-7)14-5-3-8(4-6-14)10(15)16/h8H,3-6H2,1-2H3,(H,15,16). The molecule has 0 atom stereocenters. The molecule has 7 heteroatoms. The van der Waals surface area contributed by atoms with Gasteiger partial charge in [0.05, 0.1) is 13.0 Å². The van der Waals surface area contributed by atoms with Gasteiger partial charge in [-0.05, 0) is 19.8 Å². The van der Waals surface area contributed by atoms with E-state index in [1.54, 1.807) is 0 Å². The van der Waals surface area contributed by atoms with Crippen molar-refractivity contribution >= 4 is 28.4 Å². The van der Waals surface area contributed by atoms with Gasteiger partial charge in [-0.1, -0.05) is 0 Å². The van der Waals surface area contributed by atoms with Crippen molar-refractivity contribution in [3.05, 3.63) is 10.6 Å². The molecular weight excluding hydrogens is 268 g/mol. The molecule has 6 nitrogen and oxygen atoms in total. The number of esters is 1. The minimum absolute atomic E-state index is 0.266. The van der Waals surface area contributed by atoms with Gasteiger partial charge in [-0.2, -0.15) is 0 Å². The van der Waals surface area contributed by atoms with Crippen LogP contribution in [0.5, 0.6) is 0 Å². The number of hydrogen-bond donors (Lipinski definition) is 1. The van der Waals surface area contributed by atoms with Crippen LogP contribution in [0, 0.1) is 12.8 Å². The van der Waals surface area contributed by atoms with Gasteiger partial charge in [-0.15, -0.1) is 11.3 Å². The molecule has 0 saturated carbocycles. The summed E-state index contributed by atoms with van der Waals surface area (Å²) in [6.07, 6.45) is 1.23. The van der Waals surface area contributed by atoms with E-state index in [1.807, 2.05) is 11.8 Å². The molecule has 2 rings (SSSR count). The van der Waals surface area contributed by atoms with Gasteiger partial charge in [-0.3, -0.25) is 4.79 Å². The first-order valence-electron chi connectivity index (χ1n) is 6.06. The van der Waals surface area contributed by atoms with Crippen LogP contribution >= 0.6 is 11.3 Å². The molecule has 0 aliphatic carbocycles. The second-order valence-electron chi connectivity index (χ2n) is 4.49. The van der Waals surface area contributed by atoms with Gasteiger partial charge in [0.15, 0.2) is 10.8 Å². The van der Waals surface area contributed by atoms with Gasteiger partial charge < -0.3 is 14.7 Å². The van der Waals surface area contributed by atoms with Crippen LogP contribution in [-0.4, -0.2) is 42.2 Å². The summed E-state index contributed by atoms with van der Waals surface area (Å²) in [5.74, 6) is -1.43. The molecule has 1 N–H and O–H groups in total. The highest BCUT2D eigenvalue weighted by Gasteiger charge is 2.27. The first-order valence-corrected chi connectivity index (χ1v) is 6.88. The highest BCUT2D eigenvalue weighted by molar-refractivity contribution is 7.15. The highest BCUT2D eigenvalue weighted by Crippen LogP contribution is 2.29. The van der Waals surface area contributed by atoms with Crippen LogP contribution in [0.2, 0.25) is 0 Å². The quantitative estimate of drug-likeness (QED) is 0.848. The summed E-state index contributed by atoms with van der Waals surface area (Å²) in [6, 6.07) is 0. The van der Waals surface area contributed by atoms with Crippen molar-refractivity contribution in [2.24, 2.45) is 5.92 Å². The number of aromatic nitrogens is 1. The van der Waals surface area contributed by atoms with Gasteiger partial charge in [0.1, 0.15) is 0 Å². The summed E-state index contributed by atoms with van der Waals surface area (Å²) in [5, 5.41) is 9.72. The number of methoxy groups -OCH3 is 1. The Morgan fingerprint density at radius 3 is 2.58 bits per heavy atom. The number of carboxylic acids is 1. The van der Waals surface area contributed by atoms with Gasteiger partial charge >= 0.3 is 11.9 Å². The maximum absolute atomic E-state index is 11.5. The number of piperidine rings is 1. The van der Waals surface area contributed by atoms with Gasteiger partial charge in [0, 0.05) is 18.0 Å². The molecule has 0 amide bonds. The number of aryl methyl sites for hydroxylation is 1. The second-order valence-corrected chi connectivity index (χ2v) is 5.67. The van der Waals surface area contributed by atoms with E-state index in [2.05, 4.69) is 9.72 Å². The van der Waals surface area contributed by atoms with Crippen molar-refractivity contribution in [3.63, 3.8) is 0 Å². The summed E-state index contributed by atoms with van der Waals surface area (Å²) in [5.41, 5.74) is 0.350. The number of carbonyl (C=O) groups is 2. The van der Waals surface area contributed by atoms with Gasteiger partial charge in [-0.25, -0.2) is 9.78 Å². The zero-order chi connectivity index (χ0) is 14.0. The van der Waals surface area contributed by atoms with E-state index >= 15 is 0 Å². The third kappa shape index (κ3) is 2.86. The molecule has 0 bridgehead atoms. The molecule has 1 aromatic heterocycles. The number of aliphatic carboxylic acids is 1. The SMILES string of the molecule is COC(=O)c1nc(N2CCC(C(=O)O)CC2)sc1C. The molecule has 1 aliphatic rings. The van der Waals surface area contributed by atoms with Crippen molar-refractivity contribution in [1.82, 2.24) is 4.98 Å². The third-order valence-corrected chi connectivity index (χ3v) is 4.31. The molecule has 104 valence electrons. The fourth-order valence-electron chi connectivity index (χ4n) is 2.12. The zero-order valence-corrected chi connectivity index (χ0v) is 11.7. The van der Waals surface area contributed by atoms with Crippen molar-refractivity contribution in [3.8, 4) is 0 Å². The van der Waals surface area contributed by atoms with E-state index in [-0.39, 0.29) is 5.92 Å². The lowest BCUT2D eigenvalue weighted by molar-refractivity contribution is -0.142. The van der Waals surface area contributed by atoms with Crippen LogP contribution in [0.4, 0.5) is 5.13 Å². The molecule has 1 saturated heterocycles. The maximum atomic E-state index is 11.5. The summed E-state index contributed by atoms with van der Waals surface area (Å²) in [6.45, 7) is 3.15. The number of nitrogens with zero attached hydrogens (tertiary/aromatic N) is 2. The maximum Gasteiger partial charge on any atom is 0.357 e. The van der Waals surface area contributed by atoms with Crippen LogP contribution in [0.1, 0.15) is 28.2 Å². The Hall–Kier alpha value is -1.63. The second kappa shape index (κ2) is 5.56. The molecule has 0 radical (unpaired) electrons. The van der Waals surface area contributed by atoms with Crippen molar-refractivity contribution in [2.45, 2.75) is 19.8 Å². The molecule has 0 spiro atoms. The smallest absolute Gasteiger partial charge is 0.357 e. The van der Waals surface area contributed by atoms with Crippen molar-refractivity contribution in [1.29, 1.82) is 0 Å². The third-order valence-electron chi connectivity index (χ3n) is 3.28. The topological polar surface area (TPSA) is 79.7 Å². The Morgan fingerprint density at radius 1 is 1.42 bits per heavy atom. The van der Waals surface area contributed by atoms with Crippen LogP contribution in [0.25, 0.3) is 0 Å². The Bertz CT molecular complexity index is 492. The van der Waals surface area contributed by atoms with Crippen molar-refractivity contribution in [2.75, 3.05) is 25.1 Å². The van der Waals surface area contributed by atoms with Crippen LogP contribution in [0.15, 0.2) is 0 Å². The lowest BCUT2D eigenvalue weighted by atomic mass is 9.98. The average molecular weight is 284 g/mol. The van der Waals surface area contributed by atoms with Gasteiger partial charge in [0.25, 0.3) is 0 Å². The van der Waals surface area contributed by atoms with E-state index in [4.69, 9.17) is 5.11 Å². The van der Waals surface area contributed by atoms with Crippen LogP contribution in [0.3, 0.4) is 0 Å². The van der Waals surface area contributed by atoms with E-state index in [0.29, 0.717) is 31.6 Å². The molecule has 1 aliphatic heterocycles. The number of ether oxygens (including phenoxy) is 1. The Morgan fingerprint density at radius 2 is 2.05 bits per heavy atom. The summed E-state index contributed by atoms with van der Waals surface area (Å²) in [7, 11) is 1.33. The first kappa shape index (κ1) is 13.8. The van der Waals surface area contributed by atoms with E-state index in [1.165, 1.54) is 18.4 Å². The molecule has 2 heterocycles. The lowest BCUT2D eigenvalue weighted by Crippen LogP contribution is -2.36. The number of thiazole rings is 1. The molecule has 1 aromatic rings. The fraction of sp³-hybridized carbons (Fsp3) is 0.583.